The van der Waals surface area contributed by atoms with E-state index in [1.807, 2.05) is 0 Å². The van der Waals surface area contributed by atoms with Crippen LogP contribution in [0.3, 0.4) is 0 Å². The van der Waals surface area contributed by atoms with E-state index in [4.69, 9.17) is 50.3 Å². The van der Waals surface area contributed by atoms with Crippen molar-refractivity contribution in [3.05, 3.63) is 81.9 Å². The molecule has 177 valence electrons. The normalized spacial score (nSPS) is 22.1. The summed E-state index contributed by atoms with van der Waals surface area (Å²) in [5.41, 5.74) is 7.84. The van der Waals surface area contributed by atoms with E-state index < -0.39 is 27.5 Å². The summed E-state index contributed by atoms with van der Waals surface area (Å²) in [5.74, 6) is -1.64. The van der Waals surface area contributed by atoms with Crippen molar-refractivity contribution in [2.24, 2.45) is 0 Å². The van der Waals surface area contributed by atoms with E-state index >= 15 is 0 Å². The summed E-state index contributed by atoms with van der Waals surface area (Å²) >= 11 is 14.1. The molecule has 0 amide bonds. The van der Waals surface area contributed by atoms with Crippen molar-refractivity contribution in [3.8, 4) is 0 Å². The van der Waals surface area contributed by atoms with Crippen molar-refractivity contribution in [3.63, 3.8) is 0 Å². The first-order valence-corrected chi connectivity index (χ1v) is 32.5. The fourth-order valence-corrected chi connectivity index (χ4v) is 61.5. The number of benzene rings is 2. The molecule has 2 aliphatic rings. The van der Waals surface area contributed by atoms with Gasteiger partial charge >= 0.3 is 224 Å². The molecule has 2 aliphatic carbocycles. The second-order valence-corrected chi connectivity index (χ2v) is 59.5. The minimum absolute atomic E-state index is 0.132. The molecule has 0 heterocycles. The summed E-state index contributed by atoms with van der Waals surface area (Å²) in [7, 11) is 16.7. The van der Waals surface area contributed by atoms with Crippen LogP contribution in [0.1, 0.15) is 56.7 Å². The third-order valence-corrected chi connectivity index (χ3v) is 59.8. The Morgan fingerprint density at radius 2 is 1.27 bits per heavy atom. The number of hydrogen-bond donors (Lipinski definition) is 0. The Balaban J connectivity index is 1.90. The summed E-state index contributed by atoms with van der Waals surface area (Å²) in [6.45, 7) is 6.76. The zero-order chi connectivity index (χ0) is 24.0. The van der Waals surface area contributed by atoms with E-state index in [1.165, 1.54) is 33.4 Å². The van der Waals surface area contributed by atoms with Gasteiger partial charge < -0.3 is 0 Å². The molecule has 0 nitrogen and oxygen atoms in total. The molecule has 0 fully saturated rings. The fraction of sp³-hybridized carbons (Fsp3) is 0.360. The topological polar surface area (TPSA) is 0 Å². The molecule has 2 aromatic rings. The van der Waals surface area contributed by atoms with Crippen molar-refractivity contribution in [1.29, 1.82) is 0 Å². The summed E-state index contributed by atoms with van der Waals surface area (Å²) in [6, 6.07) is 17.5. The van der Waals surface area contributed by atoms with Gasteiger partial charge in [-0.25, -0.2) is 0 Å². The Labute approximate surface area is 222 Å². The molecule has 2 aromatic carbocycles. The van der Waals surface area contributed by atoms with E-state index in [-0.39, 0.29) is 7.25 Å². The van der Waals surface area contributed by atoms with Gasteiger partial charge in [-0.2, -0.15) is 0 Å². The van der Waals surface area contributed by atoms with Crippen LogP contribution in [-0.2, 0) is 15.6 Å². The number of fused-ring (bicyclic) bond motifs is 2. The molecule has 0 saturated heterocycles. The van der Waals surface area contributed by atoms with Gasteiger partial charge in [0.05, 0.1) is 0 Å². The third-order valence-electron chi connectivity index (χ3n) is 7.68. The molecule has 0 bridgehead atoms. The first kappa shape index (κ1) is 26.7. The first-order chi connectivity index (χ1) is 15.5. The Kier molecular flexibility index (Phi) is 7.99. The van der Waals surface area contributed by atoms with Crippen molar-refractivity contribution in [2.75, 3.05) is 0 Å². The Hall–Kier alpha value is 0.687. The number of rotatable bonds is 8. The molecule has 33 heavy (non-hydrogen) atoms. The average Bonchev–Trinajstić information content (AvgIpc) is 3.26. The predicted molar refractivity (Wildman–Crippen MR) is 153 cm³/mol. The zero-order valence-electron chi connectivity index (χ0n) is 19.2. The van der Waals surface area contributed by atoms with Gasteiger partial charge in [0.1, 0.15) is 0 Å². The first-order valence-electron chi connectivity index (χ1n) is 11.7. The molecule has 0 radical (unpaired) electrons. The van der Waals surface area contributed by atoms with Crippen LogP contribution in [0.25, 0.3) is 12.2 Å². The van der Waals surface area contributed by atoms with Crippen molar-refractivity contribution in [1.82, 2.24) is 0 Å². The monoisotopic (exact) mass is 651 g/mol. The van der Waals surface area contributed by atoms with Crippen molar-refractivity contribution in [2.45, 2.75) is 52.6 Å². The van der Waals surface area contributed by atoms with E-state index in [0.717, 1.165) is 18.5 Å². The van der Waals surface area contributed by atoms with Crippen LogP contribution in [0.15, 0.2) is 59.7 Å². The number of halogens is 5. The van der Waals surface area contributed by atoms with Gasteiger partial charge in [0.25, 0.3) is 0 Å². The van der Waals surface area contributed by atoms with Crippen LogP contribution in [0.5, 0.6) is 0 Å². The maximum atomic E-state index is 8.34. The average molecular weight is 655 g/mol. The standard InChI is InChI=1S/2C10H9.C5H12Cl3Si2.2ClH.Zr/c2*1-8-6-9-4-2-3-5-10(9)7-8;1-2-9-4-3-5-10(6,7)8;;;/h2*2-7H,1H3;9H,2-5H2,1H3;2*1H;/q;;;;;+2/p-2. The van der Waals surface area contributed by atoms with Gasteiger partial charge in [-0.3, -0.25) is 0 Å². The fourth-order valence-electron chi connectivity index (χ4n) is 6.48. The molecule has 0 N–H and O–H groups in total. The van der Waals surface area contributed by atoms with Crippen LogP contribution in [0.4, 0.5) is 0 Å². The molecule has 8 heteroatoms. The summed E-state index contributed by atoms with van der Waals surface area (Å²) in [4.78, 5) is 0. The van der Waals surface area contributed by atoms with Gasteiger partial charge in [0.2, 0.25) is 0 Å². The summed E-state index contributed by atoms with van der Waals surface area (Å²) < 4.78 is 0.263. The molecule has 0 aromatic heterocycles. The Morgan fingerprint density at radius 1 is 0.818 bits per heavy atom. The van der Waals surface area contributed by atoms with Crippen LogP contribution < -0.4 is 0 Å². The second kappa shape index (κ2) is 9.86. The summed E-state index contributed by atoms with van der Waals surface area (Å²) in [6.07, 6.45) is 5.53. The van der Waals surface area contributed by atoms with Crippen molar-refractivity contribution < 1.29 is 15.6 Å². The molecular weight excluding hydrogens is 625 g/mol. The van der Waals surface area contributed by atoms with Gasteiger partial charge in [-0.1, -0.05) is 0 Å². The SMILES string of the molecule is CC[SiH](CCC[Si](Cl)(Cl)Cl)[Zr]([Cl])([Cl])([CH]1C(C)=Cc2ccccc21)[CH]1C(C)=Cc2ccccc21. The van der Waals surface area contributed by atoms with Gasteiger partial charge in [-0.15, -0.1) is 0 Å². The number of hydrogen-bond acceptors (Lipinski definition) is 0. The maximum absolute atomic E-state index is 8.34. The third kappa shape index (κ3) is 4.85. The quantitative estimate of drug-likeness (QED) is 0.196. The van der Waals surface area contributed by atoms with E-state index in [9.17, 15) is 0 Å². The Morgan fingerprint density at radius 3 is 1.70 bits per heavy atom. The van der Waals surface area contributed by atoms with Crippen LogP contribution in [0, 0.1) is 0 Å². The molecular formula is C25H30Cl5Si2Zr. The minimum atomic E-state index is -4.66. The van der Waals surface area contributed by atoms with E-state index in [0.29, 0.717) is 6.04 Å². The molecule has 0 spiro atoms. The van der Waals surface area contributed by atoms with Crippen LogP contribution in [-0.4, -0.2) is 11.9 Å². The molecule has 4 rings (SSSR count). The van der Waals surface area contributed by atoms with Gasteiger partial charge in [-0.05, 0) is 0 Å². The zero-order valence-corrected chi connectivity index (χ0v) is 27.6. The van der Waals surface area contributed by atoms with Gasteiger partial charge in [0.15, 0.2) is 0 Å². The molecule has 0 saturated carbocycles. The molecule has 0 aliphatic heterocycles. The molecule has 3 atom stereocenters. The molecule has 3 unspecified atom stereocenters. The van der Waals surface area contributed by atoms with E-state index in [2.05, 4.69) is 81.5 Å². The van der Waals surface area contributed by atoms with Crippen LogP contribution >= 0.6 is 50.3 Å². The van der Waals surface area contributed by atoms with Crippen LogP contribution in [0.2, 0.25) is 18.1 Å². The summed E-state index contributed by atoms with van der Waals surface area (Å²) in [5, 5.41) is 0. The number of allylic oxidation sites excluding steroid dienone is 2. The predicted octanol–water partition coefficient (Wildman–Crippen LogP) is 10.1. The van der Waals surface area contributed by atoms with Gasteiger partial charge in [0, 0.05) is 0 Å². The van der Waals surface area contributed by atoms with Crippen molar-refractivity contribution >= 4 is 74.3 Å². The second-order valence-electron chi connectivity index (χ2n) is 9.74. The Bertz CT molecular complexity index is 1050. The van der Waals surface area contributed by atoms with E-state index in [1.54, 1.807) is 0 Å².